The van der Waals surface area contributed by atoms with Crippen molar-refractivity contribution in [3.05, 3.63) is 77.3 Å². The second kappa shape index (κ2) is 6.41. The smallest absolute Gasteiger partial charge is 0.137 e. The number of fused-ring (bicyclic) bond motifs is 1. The molecule has 0 saturated heterocycles. The van der Waals surface area contributed by atoms with Crippen molar-refractivity contribution in [2.24, 2.45) is 0 Å². The minimum Gasteiger partial charge on any atom is -0.365 e. The van der Waals surface area contributed by atoms with Gasteiger partial charge >= 0.3 is 0 Å². The molecule has 0 amide bonds. The molecule has 118 valence electrons. The first-order chi connectivity index (χ1) is 11.8. The van der Waals surface area contributed by atoms with Gasteiger partial charge in [0.15, 0.2) is 0 Å². The second-order valence-corrected chi connectivity index (χ2v) is 6.27. The Hall–Kier alpha value is -2.73. The lowest BCUT2D eigenvalue weighted by atomic mass is 10.2. The van der Waals surface area contributed by atoms with Crippen LogP contribution in [0, 0.1) is 0 Å². The number of nitrogens with zero attached hydrogens (tertiary/aromatic N) is 4. The van der Waals surface area contributed by atoms with Crippen molar-refractivity contribution in [2.45, 2.75) is 6.54 Å². The number of hydrogen-bond acceptors (Lipinski definition) is 4. The summed E-state index contributed by atoms with van der Waals surface area (Å²) in [5.74, 6) is 0.825. The monoisotopic (exact) mass is 379 g/mol. The predicted octanol–water partition coefficient (Wildman–Crippen LogP) is 4.19. The first-order valence-electron chi connectivity index (χ1n) is 7.53. The molecule has 2 aromatic heterocycles. The molecule has 0 aliphatic heterocycles. The van der Waals surface area contributed by atoms with E-state index in [1.807, 2.05) is 47.3 Å². The topological polar surface area (TPSA) is 55.6 Å². The van der Waals surface area contributed by atoms with Crippen LogP contribution in [0.2, 0.25) is 0 Å². The zero-order valence-corrected chi connectivity index (χ0v) is 14.3. The van der Waals surface area contributed by atoms with Gasteiger partial charge in [0, 0.05) is 28.8 Å². The Labute approximate surface area is 147 Å². The average molecular weight is 380 g/mol. The van der Waals surface area contributed by atoms with Gasteiger partial charge in [-0.2, -0.15) is 5.10 Å². The molecule has 0 radical (unpaired) electrons. The van der Waals surface area contributed by atoms with Crippen LogP contribution in [0.5, 0.6) is 0 Å². The Morgan fingerprint density at radius 3 is 2.88 bits per heavy atom. The molecule has 0 atom stereocenters. The lowest BCUT2D eigenvalue weighted by Crippen LogP contribution is -2.03. The van der Waals surface area contributed by atoms with Crippen LogP contribution >= 0.6 is 15.9 Å². The van der Waals surface area contributed by atoms with Crippen LogP contribution in [0.1, 0.15) is 5.56 Å². The Morgan fingerprint density at radius 2 is 2.00 bits per heavy atom. The summed E-state index contributed by atoms with van der Waals surface area (Å²) in [6, 6.07) is 16.2. The Morgan fingerprint density at radius 1 is 1.04 bits per heavy atom. The normalized spacial score (nSPS) is 10.9. The lowest BCUT2D eigenvalue weighted by molar-refractivity contribution is 0.877. The molecule has 24 heavy (non-hydrogen) atoms. The molecule has 0 aliphatic rings. The van der Waals surface area contributed by atoms with E-state index in [-0.39, 0.29) is 0 Å². The zero-order chi connectivity index (χ0) is 16.4. The Kier molecular flexibility index (Phi) is 3.96. The molecule has 0 aliphatic carbocycles. The summed E-state index contributed by atoms with van der Waals surface area (Å²) in [4.78, 5) is 8.68. The molecule has 0 saturated carbocycles. The van der Waals surface area contributed by atoms with Crippen molar-refractivity contribution < 1.29 is 0 Å². The maximum Gasteiger partial charge on any atom is 0.137 e. The van der Waals surface area contributed by atoms with Crippen LogP contribution in [0.15, 0.2) is 71.7 Å². The third kappa shape index (κ3) is 3.00. The van der Waals surface area contributed by atoms with Crippen molar-refractivity contribution in [1.29, 1.82) is 0 Å². The fourth-order valence-corrected chi connectivity index (χ4v) is 2.95. The first kappa shape index (κ1) is 14.8. The maximum absolute atomic E-state index is 4.37. The van der Waals surface area contributed by atoms with E-state index in [0.717, 1.165) is 32.4 Å². The van der Waals surface area contributed by atoms with Gasteiger partial charge in [-0.3, -0.25) is 0 Å². The van der Waals surface area contributed by atoms with E-state index in [9.17, 15) is 0 Å². The number of hydrogen-bond donors (Lipinski definition) is 1. The fraction of sp³-hybridized carbons (Fsp3) is 0.0556. The van der Waals surface area contributed by atoms with Gasteiger partial charge in [-0.15, -0.1) is 0 Å². The summed E-state index contributed by atoms with van der Waals surface area (Å²) in [7, 11) is 0. The van der Waals surface area contributed by atoms with Gasteiger partial charge in [0.1, 0.15) is 12.1 Å². The molecule has 0 bridgehead atoms. The van der Waals surface area contributed by atoms with E-state index in [1.165, 1.54) is 0 Å². The van der Waals surface area contributed by atoms with Gasteiger partial charge in [-0.1, -0.05) is 28.1 Å². The van der Waals surface area contributed by atoms with Gasteiger partial charge in [0.25, 0.3) is 0 Å². The summed E-state index contributed by atoms with van der Waals surface area (Å²) in [5.41, 5.74) is 3.11. The SMILES string of the molecule is Brc1ccc2ncnc(NCc3cccc(-n4cccn4)c3)c2c1. The van der Waals surface area contributed by atoms with Gasteiger partial charge in [0.05, 0.1) is 11.2 Å². The molecule has 0 unspecified atom stereocenters. The second-order valence-electron chi connectivity index (χ2n) is 5.36. The van der Waals surface area contributed by atoms with Crippen LogP contribution in [-0.2, 0) is 6.54 Å². The molecular formula is C18H14BrN5. The van der Waals surface area contributed by atoms with Crippen LogP contribution in [0.25, 0.3) is 16.6 Å². The van der Waals surface area contributed by atoms with E-state index in [2.05, 4.69) is 48.4 Å². The van der Waals surface area contributed by atoms with Gasteiger partial charge in [-0.05, 0) is 42.0 Å². The summed E-state index contributed by atoms with van der Waals surface area (Å²) in [6.07, 6.45) is 5.29. The van der Waals surface area contributed by atoms with Crippen molar-refractivity contribution in [3.8, 4) is 5.69 Å². The molecule has 2 heterocycles. The van der Waals surface area contributed by atoms with Crippen molar-refractivity contribution in [3.63, 3.8) is 0 Å². The van der Waals surface area contributed by atoms with E-state index in [0.29, 0.717) is 6.54 Å². The molecule has 4 rings (SSSR count). The van der Waals surface area contributed by atoms with Gasteiger partial charge < -0.3 is 5.32 Å². The van der Waals surface area contributed by atoms with Crippen molar-refractivity contribution in [1.82, 2.24) is 19.7 Å². The number of aromatic nitrogens is 4. The highest BCUT2D eigenvalue weighted by atomic mass is 79.9. The van der Waals surface area contributed by atoms with Crippen LogP contribution in [-0.4, -0.2) is 19.7 Å². The molecule has 5 nitrogen and oxygen atoms in total. The van der Waals surface area contributed by atoms with E-state index in [1.54, 1.807) is 12.5 Å². The molecule has 0 spiro atoms. The van der Waals surface area contributed by atoms with Crippen LogP contribution in [0.4, 0.5) is 5.82 Å². The largest absolute Gasteiger partial charge is 0.365 e. The molecule has 2 aromatic carbocycles. The van der Waals surface area contributed by atoms with Crippen LogP contribution < -0.4 is 5.32 Å². The maximum atomic E-state index is 4.37. The van der Waals surface area contributed by atoms with Crippen molar-refractivity contribution in [2.75, 3.05) is 5.32 Å². The first-order valence-corrected chi connectivity index (χ1v) is 8.32. The minimum atomic E-state index is 0.674. The van der Waals surface area contributed by atoms with E-state index >= 15 is 0 Å². The highest BCUT2D eigenvalue weighted by molar-refractivity contribution is 9.10. The lowest BCUT2D eigenvalue weighted by Gasteiger charge is -2.10. The summed E-state index contributed by atoms with van der Waals surface area (Å²) in [5, 5.41) is 8.66. The summed E-state index contributed by atoms with van der Waals surface area (Å²) in [6.45, 7) is 0.674. The fourth-order valence-electron chi connectivity index (χ4n) is 2.59. The molecule has 1 N–H and O–H groups in total. The van der Waals surface area contributed by atoms with Gasteiger partial charge in [0.2, 0.25) is 0 Å². The number of anilines is 1. The Balaban J connectivity index is 1.59. The quantitative estimate of drug-likeness (QED) is 0.577. The third-order valence-electron chi connectivity index (χ3n) is 3.74. The standard InChI is InChI=1S/C18H14BrN5/c19-14-5-6-17-16(10-14)18(22-12-21-17)20-11-13-3-1-4-15(9-13)24-8-2-7-23-24/h1-10,12H,11H2,(H,20,21,22). The average Bonchev–Trinajstić information content (AvgIpc) is 3.15. The summed E-state index contributed by atoms with van der Waals surface area (Å²) < 4.78 is 2.86. The number of halogens is 1. The molecule has 6 heteroatoms. The Bertz CT molecular complexity index is 982. The minimum absolute atomic E-state index is 0.674. The number of rotatable bonds is 4. The molecular weight excluding hydrogens is 366 g/mol. The van der Waals surface area contributed by atoms with Crippen LogP contribution in [0.3, 0.4) is 0 Å². The number of nitrogens with one attached hydrogen (secondary N) is 1. The zero-order valence-electron chi connectivity index (χ0n) is 12.7. The van der Waals surface area contributed by atoms with E-state index in [4.69, 9.17) is 0 Å². The molecule has 4 aromatic rings. The van der Waals surface area contributed by atoms with Gasteiger partial charge in [-0.25, -0.2) is 14.6 Å². The summed E-state index contributed by atoms with van der Waals surface area (Å²) >= 11 is 3.50. The third-order valence-corrected chi connectivity index (χ3v) is 4.23. The van der Waals surface area contributed by atoms with Crippen molar-refractivity contribution >= 4 is 32.7 Å². The van der Waals surface area contributed by atoms with E-state index < -0.39 is 0 Å². The number of benzene rings is 2. The molecule has 0 fully saturated rings. The predicted molar refractivity (Wildman–Crippen MR) is 98.1 cm³/mol. The highest BCUT2D eigenvalue weighted by Crippen LogP contribution is 2.23. The highest BCUT2D eigenvalue weighted by Gasteiger charge is 2.05.